The quantitative estimate of drug-likeness (QED) is 0.634. The van der Waals surface area contributed by atoms with E-state index in [1.54, 1.807) is 12.3 Å². The number of H-pyrrole nitrogens is 1. The average molecular weight is 397 g/mol. The summed E-state index contributed by atoms with van der Waals surface area (Å²) >= 11 is 12.5. The van der Waals surface area contributed by atoms with E-state index in [2.05, 4.69) is 15.2 Å². The lowest BCUT2D eigenvalue weighted by atomic mass is 10.0. The molecule has 1 fully saturated rings. The van der Waals surface area contributed by atoms with Crippen LogP contribution in [0, 0.1) is 0 Å². The second-order valence-electron chi connectivity index (χ2n) is 5.71. The van der Waals surface area contributed by atoms with Gasteiger partial charge in [-0.05, 0) is 24.1 Å². The number of rotatable bonds is 2. The number of benzene rings is 1. The summed E-state index contributed by atoms with van der Waals surface area (Å²) in [7, 11) is 0. The highest BCUT2D eigenvalue weighted by molar-refractivity contribution is 6.45. The monoisotopic (exact) mass is 396 g/mol. The number of anilines is 1. The summed E-state index contributed by atoms with van der Waals surface area (Å²) in [5.41, 5.74) is 2.49. The largest absolute Gasteiger partial charge is 0.483 e. The lowest BCUT2D eigenvalue weighted by Gasteiger charge is -2.19. The maximum Gasteiger partial charge on any atom is 0.290 e. The average Bonchev–Trinajstić information content (AvgIpc) is 3.30. The van der Waals surface area contributed by atoms with Crippen LogP contribution in [0.3, 0.4) is 0 Å². The molecule has 0 aliphatic carbocycles. The lowest BCUT2D eigenvalue weighted by Crippen LogP contribution is -2.21. The first-order chi connectivity index (χ1) is 12.5. The highest BCUT2D eigenvalue weighted by Crippen LogP contribution is 2.37. The summed E-state index contributed by atoms with van der Waals surface area (Å²) in [4.78, 5) is 14.9. The Bertz CT molecular complexity index is 921. The van der Waals surface area contributed by atoms with Crippen molar-refractivity contribution in [2.45, 2.75) is 12.6 Å². The fourth-order valence-corrected chi connectivity index (χ4v) is 3.30. The summed E-state index contributed by atoms with van der Waals surface area (Å²) in [6, 6.07) is 5.60. The van der Waals surface area contributed by atoms with E-state index in [1.165, 1.54) is 0 Å². The SMILES string of the molecule is FC1CCN(c2cc(-c3cn[nH]c3)c3ccc(Cl)c(Cl)c3n2)C1.O=CO. The molecule has 0 spiro atoms. The van der Waals surface area contributed by atoms with E-state index in [4.69, 9.17) is 33.1 Å². The Morgan fingerprint density at radius 3 is 2.77 bits per heavy atom. The summed E-state index contributed by atoms with van der Waals surface area (Å²) in [6.07, 6.45) is 3.25. The van der Waals surface area contributed by atoms with E-state index in [1.807, 2.05) is 23.2 Å². The van der Waals surface area contributed by atoms with Crippen molar-refractivity contribution in [1.29, 1.82) is 0 Å². The number of alkyl halides is 1. The normalized spacial score (nSPS) is 16.4. The zero-order chi connectivity index (χ0) is 18.7. The van der Waals surface area contributed by atoms with Crippen molar-refractivity contribution in [3.8, 4) is 11.1 Å². The predicted octanol–water partition coefficient (Wildman–Crippen LogP) is 4.18. The van der Waals surface area contributed by atoms with Crippen molar-refractivity contribution >= 4 is 46.4 Å². The fraction of sp³-hybridized carbons (Fsp3) is 0.235. The van der Waals surface area contributed by atoms with Gasteiger partial charge in [0.15, 0.2) is 0 Å². The van der Waals surface area contributed by atoms with Crippen LogP contribution in [0.4, 0.5) is 10.2 Å². The molecule has 1 aliphatic rings. The van der Waals surface area contributed by atoms with Crippen LogP contribution >= 0.6 is 23.2 Å². The number of carbonyl (C=O) groups is 1. The molecule has 1 saturated heterocycles. The topological polar surface area (TPSA) is 82.1 Å². The maximum absolute atomic E-state index is 13.6. The fourth-order valence-electron chi connectivity index (χ4n) is 2.94. The molecule has 1 unspecified atom stereocenters. The molecule has 1 atom stereocenters. The zero-order valence-electron chi connectivity index (χ0n) is 13.5. The Morgan fingerprint density at radius 2 is 2.15 bits per heavy atom. The van der Waals surface area contributed by atoms with Crippen molar-refractivity contribution in [3.63, 3.8) is 0 Å². The van der Waals surface area contributed by atoms with Crippen LogP contribution in [0.25, 0.3) is 22.0 Å². The van der Waals surface area contributed by atoms with Gasteiger partial charge in [-0.3, -0.25) is 9.89 Å². The minimum atomic E-state index is -0.820. The smallest absolute Gasteiger partial charge is 0.290 e. The first-order valence-corrected chi connectivity index (χ1v) is 8.55. The minimum absolute atomic E-state index is 0.250. The molecule has 136 valence electrons. The molecule has 9 heteroatoms. The van der Waals surface area contributed by atoms with Crippen LogP contribution in [0.15, 0.2) is 30.6 Å². The van der Waals surface area contributed by atoms with E-state index in [0.29, 0.717) is 40.9 Å². The molecule has 3 aromatic rings. The Kier molecular flexibility index (Phi) is 5.58. The molecule has 2 aromatic heterocycles. The molecule has 0 saturated carbocycles. The maximum atomic E-state index is 13.6. The van der Waals surface area contributed by atoms with Gasteiger partial charge in [0.05, 0.1) is 28.3 Å². The third-order valence-corrected chi connectivity index (χ3v) is 4.92. The Morgan fingerprint density at radius 1 is 1.38 bits per heavy atom. The molecule has 0 bridgehead atoms. The number of aromatic amines is 1. The van der Waals surface area contributed by atoms with Gasteiger partial charge in [-0.1, -0.05) is 29.3 Å². The van der Waals surface area contributed by atoms with Crippen LogP contribution in [-0.2, 0) is 4.79 Å². The Hall–Kier alpha value is -2.38. The number of pyridine rings is 1. The van der Waals surface area contributed by atoms with Crippen LogP contribution in [0.1, 0.15) is 6.42 Å². The highest BCUT2D eigenvalue weighted by Gasteiger charge is 2.24. The van der Waals surface area contributed by atoms with Crippen LogP contribution in [0.5, 0.6) is 0 Å². The Labute approximate surface area is 158 Å². The second-order valence-corrected chi connectivity index (χ2v) is 6.50. The number of hydrogen-bond acceptors (Lipinski definition) is 4. The third-order valence-electron chi connectivity index (χ3n) is 4.12. The third kappa shape index (κ3) is 3.59. The number of fused-ring (bicyclic) bond motifs is 1. The van der Waals surface area contributed by atoms with Crippen molar-refractivity contribution in [2.75, 3.05) is 18.0 Å². The van der Waals surface area contributed by atoms with E-state index in [9.17, 15) is 4.39 Å². The zero-order valence-corrected chi connectivity index (χ0v) is 15.0. The first kappa shape index (κ1) is 18.4. The standard InChI is InChI=1S/C16H13Cl2FN4.CH2O2/c17-13-2-1-11-12(9-6-20-21-7-9)5-14(22-16(11)15(13)18)23-4-3-10(19)8-23;2-1-3/h1-2,5-7,10H,3-4,8H2,(H,20,21);1H,(H,2,3). The molecule has 1 aromatic carbocycles. The van der Waals surface area contributed by atoms with Crippen molar-refractivity contribution in [1.82, 2.24) is 15.2 Å². The van der Waals surface area contributed by atoms with Gasteiger partial charge in [-0.25, -0.2) is 9.37 Å². The van der Waals surface area contributed by atoms with Gasteiger partial charge >= 0.3 is 0 Å². The summed E-state index contributed by atoms with van der Waals surface area (Å²) < 4.78 is 13.6. The van der Waals surface area contributed by atoms with Gasteiger partial charge in [-0.15, -0.1) is 0 Å². The van der Waals surface area contributed by atoms with Crippen LogP contribution in [-0.4, -0.2) is 46.0 Å². The summed E-state index contributed by atoms with van der Waals surface area (Å²) in [6.45, 7) is 0.740. The Balaban J connectivity index is 0.000000613. The molecule has 3 heterocycles. The van der Waals surface area contributed by atoms with E-state index < -0.39 is 6.17 Å². The van der Waals surface area contributed by atoms with Crippen molar-refractivity contribution in [2.24, 2.45) is 0 Å². The van der Waals surface area contributed by atoms with Crippen molar-refractivity contribution < 1.29 is 14.3 Å². The molecule has 0 radical (unpaired) electrons. The summed E-state index contributed by atoms with van der Waals surface area (Å²) in [5, 5.41) is 15.5. The van der Waals surface area contributed by atoms with Gasteiger partial charge in [0.25, 0.3) is 6.47 Å². The molecule has 2 N–H and O–H groups in total. The molecule has 6 nitrogen and oxygen atoms in total. The second kappa shape index (κ2) is 7.88. The van der Waals surface area contributed by atoms with Gasteiger partial charge in [0, 0.05) is 23.7 Å². The number of nitrogens with zero attached hydrogens (tertiary/aromatic N) is 3. The number of carboxylic acid groups (broad SMARTS) is 1. The van der Waals surface area contributed by atoms with E-state index in [-0.39, 0.29) is 6.47 Å². The highest BCUT2D eigenvalue weighted by atomic mass is 35.5. The molecule has 4 rings (SSSR count). The van der Waals surface area contributed by atoms with E-state index in [0.717, 1.165) is 16.5 Å². The van der Waals surface area contributed by atoms with Crippen molar-refractivity contribution in [3.05, 3.63) is 40.6 Å². The molecule has 1 aliphatic heterocycles. The van der Waals surface area contributed by atoms with Gasteiger partial charge in [-0.2, -0.15) is 5.10 Å². The van der Waals surface area contributed by atoms with E-state index >= 15 is 0 Å². The molecular formula is C17H15Cl2FN4O2. The van der Waals surface area contributed by atoms with Crippen LogP contribution < -0.4 is 4.90 Å². The lowest BCUT2D eigenvalue weighted by molar-refractivity contribution is -0.122. The molecular weight excluding hydrogens is 382 g/mol. The number of nitrogens with one attached hydrogen (secondary N) is 1. The predicted molar refractivity (Wildman–Crippen MR) is 99.8 cm³/mol. The van der Waals surface area contributed by atoms with Gasteiger partial charge in [0.2, 0.25) is 0 Å². The minimum Gasteiger partial charge on any atom is -0.483 e. The summed E-state index contributed by atoms with van der Waals surface area (Å²) in [5.74, 6) is 0.706. The number of halogens is 3. The van der Waals surface area contributed by atoms with Gasteiger partial charge in [0.1, 0.15) is 12.0 Å². The molecule has 26 heavy (non-hydrogen) atoms. The number of hydrogen-bond donors (Lipinski definition) is 2. The first-order valence-electron chi connectivity index (χ1n) is 7.80. The van der Waals surface area contributed by atoms with Gasteiger partial charge < -0.3 is 10.0 Å². The molecule has 0 amide bonds. The number of aromatic nitrogens is 3. The van der Waals surface area contributed by atoms with Crippen LogP contribution in [0.2, 0.25) is 10.0 Å².